The topological polar surface area (TPSA) is 80.5 Å². The van der Waals surface area contributed by atoms with Gasteiger partial charge < -0.3 is 10.6 Å². The molecule has 28 heavy (non-hydrogen) atoms. The summed E-state index contributed by atoms with van der Waals surface area (Å²) in [5, 5.41) is -2.34. The van der Waals surface area contributed by atoms with Gasteiger partial charge in [-0.05, 0) is 48.4 Å². The Balaban J connectivity index is 1.62. The summed E-state index contributed by atoms with van der Waals surface area (Å²) in [7, 11) is -4.19. The number of hydrogen-bond acceptors (Lipinski definition) is 4. The van der Waals surface area contributed by atoms with Crippen LogP contribution in [0.15, 0.2) is 53.4 Å². The minimum absolute atomic E-state index is 0.129. The van der Waals surface area contributed by atoms with Crippen LogP contribution in [-0.2, 0) is 16.3 Å². The fourth-order valence-corrected chi connectivity index (χ4v) is 4.96. The van der Waals surface area contributed by atoms with E-state index < -0.39 is 20.7 Å². The molecule has 0 spiro atoms. The van der Waals surface area contributed by atoms with Gasteiger partial charge in [0.25, 0.3) is 0 Å². The maximum Gasteiger partial charge on any atom is 0.248 e. The summed E-state index contributed by atoms with van der Waals surface area (Å²) >= 11 is 0. The summed E-state index contributed by atoms with van der Waals surface area (Å²) in [5.74, 6) is -0.966. The van der Waals surface area contributed by atoms with E-state index in [1.165, 1.54) is 36.4 Å². The van der Waals surface area contributed by atoms with Gasteiger partial charge in [0.05, 0.1) is 4.90 Å². The van der Waals surface area contributed by atoms with E-state index in [0.29, 0.717) is 26.1 Å². The highest BCUT2D eigenvalue weighted by Crippen LogP contribution is 2.36. The van der Waals surface area contributed by atoms with Crippen molar-refractivity contribution >= 4 is 15.7 Å². The molecule has 0 unspecified atom stereocenters. The van der Waals surface area contributed by atoms with Gasteiger partial charge in [0, 0.05) is 38.0 Å². The Kier molecular flexibility index (Phi) is 5.81. The van der Waals surface area contributed by atoms with Gasteiger partial charge in [-0.1, -0.05) is 12.1 Å². The third-order valence-electron chi connectivity index (χ3n) is 5.16. The van der Waals surface area contributed by atoms with Crippen LogP contribution in [0.5, 0.6) is 0 Å². The molecule has 2 aromatic carbocycles. The number of piperidine rings is 1. The highest BCUT2D eigenvalue weighted by molar-refractivity contribution is 7.92. The maximum atomic E-state index is 15.3. The Hall–Kier alpha value is -2.32. The molecule has 1 amide bonds. The average molecular weight is 408 g/mol. The number of carbonyl (C=O) groups excluding carboxylic acids is 1. The van der Waals surface area contributed by atoms with Crippen molar-refractivity contribution in [3.63, 3.8) is 0 Å². The molecule has 2 N–H and O–H groups in total. The van der Waals surface area contributed by atoms with Crippen molar-refractivity contribution in [2.45, 2.75) is 29.2 Å². The predicted molar refractivity (Wildman–Crippen MR) is 102 cm³/mol. The Labute approximate surface area is 163 Å². The van der Waals surface area contributed by atoms with Crippen molar-refractivity contribution in [3.8, 4) is 0 Å². The van der Waals surface area contributed by atoms with Gasteiger partial charge in [0.2, 0.25) is 20.7 Å². The van der Waals surface area contributed by atoms with E-state index in [9.17, 15) is 17.6 Å². The highest BCUT2D eigenvalue weighted by atomic mass is 32.2. The van der Waals surface area contributed by atoms with Crippen molar-refractivity contribution in [1.29, 1.82) is 0 Å². The van der Waals surface area contributed by atoms with Crippen LogP contribution in [0.1, 0.15) is 28.8 Å². The Morgan fingerprint density at radius 1 is 1.04 bits per heavy atom. The SMILES string of the molecule is NC(=O)c1ccc(S(=O)(=O)C2(F)CCN(CCc3ccc(F)cc3)CC2)cc1. The molecule has 0 radical (unpaired) electrons. The van der Waals surface area contributed by atoms with Crippen molar-refractivity contribution in [2.24, 2.45) is 5.73 Å². The normalized spacial score (nSPS) is 17.4. The van der Waals surface area contributed by atoms with Gasteiger partial charge in [-0.15, -0.1) is 0 Å². The van der Waals surface area contributed by atoms with E-state index in [-0.39, 0.29) is 29.1 Å². The third kappa shape index (κ3) is 4.23. The number of halogens is 2. The molecule has 150 valence electrons. The quantitative estimate of drug-likeness (QED) is 0.797. The summed E-state index contributed by atoms with van der Waals surface area (Å²) in [4.78, 5) is 13.0. The molecular formula is C20H22F2N2O3S. The number of benzene rings is 2. The first kappa shape index (κ1) is 20.4. The molecule has 3 rings (SSSR count). The molecule has 0 aromatic heterocycles. The molecule has 5 nitrogen and oxygen atoms in total. The van der Waals surface area contributed by atoms with E-state index in [1.807, 2.05) is 4.90 Å². The third-order valence-corrected chi connectivity index (χ3v) is 7.43. The van der Waals surface area contributed by atoms with Crippen LogP contribution in [0, 0.1) is 5.82 Å². The first-order chi connectivity index (χ1) is 13.2. The summed E-state index contributed by atoms with van der Waals surface area (Å²) in [5.41, 5.74) is 6.29. The molecule has 1 aliphatic rings. The zero-order valence-electron chi connectivity index (χ0n) is 15.3. The van der Waals surface area contributed by atoms with Gasteiger partial charge in [-0.3, -0.25) is 4.79 Å². The molecule has 0 atom stereocenters. The molecule has 1 saturated heterocycles. The number of likely N-dealkylation sites (tertiary alicyclic amines) is 1. The summed E-state index contributed by atoms with van der Waals surface area (Å²) in [6.07, 6.45) is 0.424. The minimum Gasteiger partial charge on any atom is -0.366 e. The summed E-state index contributed by atoms with van der Waals surface area (Å²) in [6, 6.07) is 11.2. The molecule has 1 fully saturated rings. The number of primary amides is 1. The molecule has 1 heterocycles. The second-order valence-electron chi connectivity index (χ2n) is 6.99. The monoisotopic (exact) mass is 408 g/mol. The highest BCUT2D eigenvalue weighted by Gasteiger charge is 2.47. The zero-order valence-corrected chi connectivity index (χ0v) is 16.1. The fraction of sp³-hybridized carbons (Fsp3) is 0.350. The number of alkyl halides is 1. The largest absolute Gasteiger partial charge is 0.366 e. The Morgan fingerprint density at radius 2 is 1.61 bits per heavy atom. The van der Waals surface area contributed by atoms with E-state index in [0.717, 1.165) is 5.56 Å². The number of carbonyl (C=O) groups is 1. The van der Waals surface area contributed by atoms with Crippen LogP contribution in [0.2, 0.25) is 0 Å². The second kappa shape index (κ2) is 7.97. The summed E-state index contributed by atoms with van der Waals surface area (Å²) in [6.45, 7) is 1.28. The molecule has 1 aliphatic heterocycles. The Bertz CT molecular complexity index is 936. The lowest BCUT2D eigenvalue weighted by Gasteiger charge is -2.36. The van der Waals surface area contributed by atoms with E-state index in [4.69, 9.17) is 5.73 Å². The van der Waals surface area contributed by atoms with Crippen LogP contribution in [0.4, 0.5) is 8.78 Å². The average Bonchev–Trinajstić information content (AvgIpc) is 2.69. The van der Waals surface area contributed by atoms with Gasteiger partial charge in [0.15, 0.2) is 0 Å². The standard InChI is InChI=1S/C20H22F2N2O3S/c21-17-5-1-15(2-6-17)9-12-24-13-10-20(22,11-14-24)28(26,27)18-7-3-16(4-8-18)19(23)25/h1-8H,9-14H2,(H2,23,25). The molecule has 0 bridgehead atoms. The van der Waals surface area contributed by atoms with Crippen LogP contribution in [0.3, 0.4) is 0 Å². The van der Waals surface area contributed by atoms with Crippen LogP contribution < -0.4 is 5.73 Å². The Morgan fingerprint density at radius 3 is 2.14 bits per heavy atom. The van der Waals surface area contributed by atoms with Gasteiger partial charge in [0.1, 0.15) is 5.82 Å². The molecule has 0 saturated carbocycles. The van der Waals surface area contributed by atoms with E-state index >= 15 is 4.39 Å². The number of nitrogens with two attached hydrogens (primary N) is 1. The lowest BCUT2D eigenvalue weighted by Crippen LogP contribution is -2.46. The fourth-order valence-electron chi connectivity index (χ4n) is 3.33. The van der Waals surface area contributed by atoms with Gasteiger partial charge in [-0.2, -0.15) is 0 Å². The van der Waals surface area contributed by atoms with Gasteiger partial charge >= 0.3 is 0 Å². The first-order valence-corrected chi connectivity index (χ1v) is 10.5. The lowest BCUT2D eigenvalue weighted by molar-refractivity contribution is 0.1000. The van der Waals surface area contributed by atoms with Crippen LogP contribution in [0.25, 0.3) is 0 Å². The number of amides is 1. The first-order valence-electron chi connectivity index (χ1n) is 9.01. The maximum absolute atomic E-state index is 15.3. The second-order valence-corrected chi connectivity index (χ2v) is 9.20. The molecular weight excluding hydrogens is 386 g/mol. The minimum atomic E-state index is -4.19. The lowest BCUT2D eigenvalue weighted by atomic mass is 10.1. The number of hydrogen-bond donors (Lipinski definition) is 1. The number of nitrogens with zero attached hydrogens (tertiary/aromatic N) is 1. The smallest absolute Gasteiger partial charge is 0.248 e. The van der Waals surface area contributed by atoms with E-state index in [1.54, 1.807) is 12.1 Å². The van der Waals surface area contributed by atoms with Gasteiger partial charge in [-0.25, -0.2) is 17.2 Å². The molecule has 8 heteroatoms. The summed E-state index contributed by atoms with van der Waals surface area (Å²) < 4.78 is 53.8. The van der Waals surface area contributed by atoms with Crippen LogP contribution >= 0.6 is 0 Å². The van der Waals surface area contributed by atoms with Crippen molar-refractivity contribution in [1.82, 2.24) is 4.90 Å². The zero-order chi connectivity index (χ0) is 20.4. The van der Waals surface area contributed by atoms with Crippen molar-refractivity contribution in [2.75, 3.05) is 19.6 Å². The molecule has 0 aliphatic carbocycles. The van der Waals surface area contributed by atoms with E-state index in [2.05, 4.69) is 0 Å². The molecule has 2 aromatic rings. The van der Waals surface area contributed by atoms with Crippen molar-refractivity contribution < 1.29 is 22.0 Å². The number of sulfone groups is 1. The predicted octanol–water partition coefficient (Wildman–Crippen LogP) is 2.70. The van der Waals surface area contributed by atoms with Crippen LogP contribution in [-0.4, -0.2) is 43.9 Å². The van der Waals surface area contributed by atoms with Crippen molar-refractivity contribution in [3.05, 3.63) is 65.5 Å². The number of rotatable bonds is 6.